The SMILES string of the molecule is C=NO.COOSc1ccc(-c2cc(C)c(-c3ccc(N(CC=C(C)C)C(=O)C(F)(F)F)cc3F)cc2C)cn1. The van der Waals surface area contributed by atoms with Crippen LogP contribution in [0.15, 0.2) is 70.5 Å². The number of halogens is 4. The number of oxime groups is 1. The fourth-order valence-electron chi connectivity index (χ4n) is 3.70. The van der Waals surface area contributed by atoms with Gasteiger partial charge in [0.05, 0.1) is 19.2 Å². The molecular weight excluding hydrogens is 550 g/mol. The average molecular weight is 580 g/mol. The Morgan fingerprint density at radius 1 is 1.10 bits per heavy atom. The van der Waals surface area contributed by atoms with E-state index in [9.17, 15) is 18.0 Å². The summed E-state index contributed by atoms with van der Waals surface area (Å²) < 4.78 is 59.6. The maximum absolute atomic E-state index is 15.3. The van der Waals surface area contributed by atoms with Gasteiger partial charge in [0.2, 0.25) is 0 Å². The second kappa shape index (κ2) is 14.6. The Morgan fingerprint density at radius 3 is 2.25 bits per heavy atom. The summed E-state index contributed by atoms with van der Waals surface area (Å²) in [6, 6.07) is 11.1. The normalized spacial score (nSPS) is 10.8. The van der Waals surface area contributed by atoms with Gasteiger partial charge in [-0.1, -0.05) is 29.8 Å². The molecule has 0 aliphatic carbocycles. The molecule has 0 unspecified atom stereocenters. The number of benzene rings is 2. The number of carbonyl (C=O) groups excluding carboxylic acids is 1. The Bertz CT molecular complexity index is 1360. The third-order valence-corrected chi connectivity index (χ3v) is 6.15. The highest BCUT2D eigenvalue weighted by Gasteiger charge is 2.43. The zero-order valence-electron chi connectivity index (χ0n) is 22.5. The first-order chi connectivity index (χ1) is 18.8. The second-order valence-corrected chi connectivity index (χ2v) is 9.41. The lowest BCUT2D eigenvalue weighted by molar-refractivity contribution is -0.170. The van der Waals surface area contributed by atoms with Crippen LogP contribution in [0.5, 0.6) is 0 Å². The molecule has 0 radical (unpaired) electrons. The predicted octanol–water partition coefficient (Wildman–Crippen LogP) is 7.69. The molecule has 214 valence electrons. The first-order valence-electron chi connectivity index (χ1n) is 11.7. The summed E-state index contributed by atoms with van der Waals surface area (Å²) in [5.41, 5.74) is 4.75. The number of hydrogen-bond acceptors (Lipinski definition) is 7. The first kappa shape index (κ1) is 32.5. The third kappa shape index (κ3) is 8.63. The van der Waals surface area contributed by atoms with E-state index in [0.29, 0.717) is 15.5 Å². The van der Waals surface area contributed by atoms with Crippen molar-refractivity contribution in [2.45, 2.75) is 38.9 Å². The monoisotopic (exact) mass is 579 g/mol. The number of pyridine rings is 1. The molecule has 3 aromatic rings. The Kier molecular flexibility index (Phi) is 11.8. The summed E-state index contributed by atoms with van der Waals surface area (Å²) in [6.45, 7) is 9.45. The Morgan fingerprint density at radius 2 is 1.73 bits per heavy atom. The van der Waals surface area contributed by atoms with Crippen molar-refractivity contribution in [2.24, 2.45) is 5.16 Å². The van der Waals surface area contributed by atoms with Gasteiger partial charge in [-0.15, -0.1) is 5.16 Å². The van der Waals surface area contributed by atoms with E-state index >= 15 is 4.39 Å². The number of amides is 1. The van der Waals surface area contributed by atoms with Crippen LogP contribution in [0.25, 0.3) is 22.3 Å². The van der Waals surface area contributed by atoms with Gasteiger partial charge in [0, 0.05) is 36.3 Å². The zero-order chi connectivity index (χ0) is 30.0. The van der Waals surface area contributed by atoms with Crippen molar-refractivity contribution in [1.29, 1.82) is 0 Å². The van der Waals surface area contributed by atoms with Crippen LogP contribution in [0, 0.1) is 19.7 Å². The number of anilines is 1. The number of alkyl halides is 3. The van der Waals surface area contributed by atoms with E-state index in [1.165, 1.54) is 25.3 Å². The van der Waals surface area contributed by atoms with E-state index in [-0.39, 0.29) is 17.8 Å². The second-order valence-electron chi connectivity index (χ2n) is 8.69. The summed E-state index contributed by atoms with van der Waals surface area (Å²) in [4.78, 5) is 21.4. The van der Waals surface area contributed by atoms with Crippen molar-refractivity contribution < 1.29 is 36.8 Å². The van der Waals surface area contributed by atoms with E-state index in [4.69, 9.17) is 9.54 Å². The van der Waals surface area contributed by atoms with Crippen LogP contribution in [-0.2, 0) is 14.0 Å². The fraction of sp³-hybridized carbons (Fsp3) is 0.250. The van der Waals surface area contributed by atoms with Gasteiger partial charge < -0.3 is 10.1 Å². The minimum Gasteiger partial charge on any atom is -0.411 e. The van der Waals surface area contributed by atoms with Crippen molar-refractivity contribution in [3.63, 3.8) is 0 Å². The summed E-state index contributed by atoms with van der Waals surface area (Å²) in [6.07, 6.45) is -1.92. The standard InChI is InChI=1S/C27H26F4N2O3S.CH3NO/c1-16(2)10-11-33(26(34)27(29,30)31)20-7-8-21(24(28)14-20)23-13-17(3)22(12-18(23)4)19-6-9-25(32-15-19)37-36-35-5;1-2-3/h6-10,12-15H,11H2,1-5H3;3H,1H2. The summed E-state index contributed by atoms with van der Waals surface area (Å²) in [7, 11) is 1.40. The number of nitrogens with zero attached hydrogens (tertiary/aromatic N) is 3. The van der Waals surface area contributed by atoms with Crippen LogP contribution >= 0.6 is 12.0 Å². The number of aromatic nitrogens is 1. The number of aryl methyl sites for hydroxylation is 2. The molecule has 12 heteroatoms. The highest BCUT2D eigenvalue weighted by molar-refractivity contribution is 7.94. The van der Waals surface area contributed by atoms with Crippen LogP contribution in [0.3, 0.4) is 0 Å². The molecule has 1 N–H and O–H groups in total. The van der Waals surface area contributed by atoms with E-state index in [1.54, 1.807) is 26.1 Å². The quantitative estimate of drug-likeness (QED) is 0.0560. The van der Waals surface area contributed by atoms with Gasteiger partial charge in [0.15, 0.2) is 0 Å². The molecule has 1 aromatic heterocycles. The highest BCUT2D eigenvalue weighted by atomic mass is 32.2. The molecule has 7 nitrogen and oxygen atoms in total. The molecular formula is C28H29F4N3O4S. The van der Waals surface area contributed by atoms with Crippen molar-refractivity contribution in [1.82, 2.24) is 4.98 Å². The lowest BCUT2D eigenvalue weighted by Gasteiger charge is -2.23. The van der Waals surface area contributed by atoms with Gasteiger partial charge in [-0.3, -0.25) is 4.79 Å². The van der Waals surface area contributed by atoms with Gasteiger partial charge in [-0.2, -0.15) is 17.5 Å². The van der Waals surface area contributed by atoms with E-state index in [0.717, 1.165) is 45.9 Å². The molecule has 0 spiro atoms. The van der Waals surface area contributed by atoms with Crippen LogP contribution < -0.4 is 4.90 Å². The first-order valence-corrected chi connectivity index (χ1v) is 12.4. The molecule has 0 saturated heterocycles. The summed E-state index contributed by atoms with van der Waals surface area (Å²) in [5, 5.41) is 9.95. The molecule has 1 amide bonds. The molecule has 2 aromatic carbocycles. The van der Waals surface area contributed by atoms with Crippen molar-refractivity contribution in [3.8, 4) is 22.3 Å². The van der Waals surface area contributed by atoms with Crippen molar-refractivity contribution >= 4 is 30.4 Å². The largest absolute Gasteiger partial charge is 0.471 e. The van der Waals surface area contributed by atoms with Gasteiger partial charge in [0.1, 0.15) is 10.8 Å². The predicted molar refractivity (Wildman–Crippen MR) is 148 cm³/mol. The van der Waals surface area contributed by atoms with E-state index in [1.807, 2.05) is 32.0 Å². The van der Waals surface area contributed by atoms with Gasteiger partial charge in [-0.25, -0.2) is 14.3 Å². The molecule has 0 fully saturated rings. The van der Waals surface area contributed by atoms with E-state index < -0.39 is 17.9 Å². The molecule has 40 heavy (non-hydrogen) atoms. The molecule has 0 aliphatic rings. The molecule has 0 bridgehead atoms. The maximum Gasteiger partial charge on any atom is 0.471 e. The minimum absolute atomic E-state index is 0.173. The Labute approximate surface area is 234 Å². The highest BCUT2D eigenvalue weighted by Crippen LogP contribution is 2.35. The fourth-order valence-corrected chi connectivity index (χ4v) is 4.06. The Balaban J connectivity index is 0.00000178. The van der Waals surface area contributed by atoms with Crippen LogP contribution in [0.1, 0.15) is 25.0 Å². The number of allylic oxidation sites excluding steroid dienone is 1. The average Bonchev–Trinajstić information content (AvgIpc) is 2.89. The maximum atomic E-state index is 15.3. The van der Waals surface area contributed by atoms with E-state index in [2.05, 4.69) is 21.7 Å². The summed E-state index contributed by atoms with van der Waals surface area (Å²) >= 11 is 0.978. The topological polar surface area (TPSA) is 84.3 Å². The van der Waals surface area contributed by atoms with Gasteiger partial charge >= 0.3 is 12.1 Å². The number of hydrogen-bond donors (Lipinski definition) is 1. The summed E-state index contributed by atoms with van der Waals surface area (Å²) in [5.74, 6) is -2.79. The Hall–Kier alpha value is -3.74. The number of rotatable bonds is 8. The van der Waals surface area contributed by atoms with Crippen LogP contribution in [-0.4, -0.2) is 42.6 Å². The minimum atomic E-state index is -5.09. The lowest BCUT2D eigenvalue weighted by Crippen LogP contribution is -2.41. The van der Waals surface area contributed by atoms with Crippen LogP contribution in [0.4, 0.5) is 23.2 Å². The van der Waals surface area contributed by atoms with Crippen molar-refractivity contribution in [3.05, 3.63) is 77.3 Å². The molecule has 3 rings (SSSR count). The lowest BCUT2D eigenvalue weighted by atomic mass is 9.92. The molecule has 0 saturated carbocycles. The zero-order valence-corrected chi connectivity index (χ0v) is 23.4. The molecule has 0 aliphatic heterocycles. The molecule has 1 heterocycles. The third-order valence-electron chi connectivity index (χ3n) is 5.53. The number of carbonyl (C=O) groups is 1. The van der Waals surface area contributed by atoms with Crippen molar-refractivity contribution in [2.75, 3.05) is 18.6 Å². The van der Waals surface area contributed by atoms with Crippen LogP contribution in [0.2, 0.25) is 0 Å². The van der Waals surface area contributed by atoms with Gasteiger partial charge in [-0.05, 0) is 74.2 Å². The molecule has 0 atom stereocenters. The van der Waals surface area contributed by atoms with Gasteiger partial charge in [0.25, 0.3) is 0 Å². The smallest absolute Gasteiger partial charge is 0.411 e.